The van der Waals surface area contributed by atoms with Gasteiger partial charge in [0.2, 0.25) is 5.60 Å². The molecule has 0 aliphatic carbocycles. The predicted octanol–water partition coefficient (Wildman–Crippen LogP) is 3.78. The first-order valence-electron chi connectivity index (χ1n) is 6.21. The molecule has 7 heteroatoms. The van der Waals surface area contributed by atoms with Crippen molar-refractivity contribution in [2.75, 3.05) is 0 Å². The van der Waals surface area contributed by atoms with Crippen LogP contribution >= 0.6 is 12.4 Å². The maximum atomic E-state index is 13.6. The first-order valence-corrected chi connectivity index (χ1v) is 6.21. The molecule has 3 rings (SSSR count). The Labute approximate surface area is 130 Å². The van der Waals surface area contributed by atoms with E-state index in [0.29, 0.717) is 10.8 Å². The first kappa shape index (κ1) is 16.3. The summed E-state index contributed by atoms with van der Waals surface area (Å²) in [4.78, 5) is 5.96. The number of imidazole rings is 1. The molecule has 0 radical (unpaired) electrons. The summed E-state index contributed by atoms with van der Waals surface area (Å²) in [6.45, 7) is 0. The number of H-pyrrole nitrogens is 1. The molecule has 0 bridgehead atoms. The third-order valence-corrected chi connectivity index (χ3v) is 3.48. The summed E-state index contributed by atoms with van der Waals surface area (Å²) in [7, 11) is 0. The lowest BCUT2D eigenvalue weighted by molar-refractivity contribution is -0.249. The summed E-state index contributed by atoms with van der Waals surface area (Å²) >= 11 is 0. The number of hydrogen-bond acceptors (Lipinski definition) is 2. The number of fused-ring (bicyclic) bond motifs is 1. The van der Waals surface area contributed by atoms with Gasteiger partial charge in [-0.3, -0.25) is 0 Å². The van der Waals surface area contributed by atoms with Crippen molar-refractivity contribution in [3.05, 3.63) is 66.2 Å². The zero-order valence-corrected chi connectivity index (χ0v) is 11.9. The molecule has 3 aromatic rings. The van der Waals surface area contributed by atoms with Gasteiger partial charge in [0.1, 0.15) is 0 Å². The fraction of sp³-hybridized carbons (Fsp3) is 0.133. The van der Waals surface area contributed by atoms with Crippen LogP contribution in [0.15, 0.2) is 55.0 Å². The van der Waals surface area contributed by atoms with Crippen LogP contribution in [0.3, 0.4) is 0 Å². The lowest BCUT2D eigenvalue weighted by Crippen LogP contribution is -2.43. The monoisotopic (exact) mass is 328 g/mol. The third kappa shape index (κ3) is 2.34. The highest BCUT2D eigenvalue weighted by Crippen LogP contribution is 2.45. The Balaban J connectivity index is 0.00000176. The number of rotatable bonds is 2. The molecule has 1 atom stereocenters. The predicted molar refractivity (Wildman–Crippen MR) is 78.8 cm³/mol. The zero-order chi connectivity index (χ0) is 15.1. The van der Waals surface area contributed by atoms with Gasteiger partial charge in [0.15, 0.2) is 0 Å². The van der Waals surface area contributed by atoms with Crippen LogP contribution in [0.4, 0.5) is 13.2 Å². The highest BCUT2D eigenvalue weighted by Gasteiger charge is 2.57. The number of hydrogen-bond donors (Lipinski definition) is 2. The van der Waals surface area contributed by atoms with Crippen molar-refractivity contribution in [2.24, 2.45) is 0 Å². The molecule has 0 saturated carbocycles. The molecule has 0 aliphatic heterocycles. The summed E-state index contributed by atoms with van der Waals surface area (Å²) in [6, 6.07) is 11.1. The SMILES string of the molecule is Cl.OC(c1cnc[nH]1)(c1cccc2ccccc12)C(F)(F)F. The van der Waals surface area contributed by atoms with Gasteiger partial charge in [-0.1, -0.05) is 42.5 Å². The van der Waals surface area contributed by atoms with Crippen molar-refractivity contribution in [1.29, 1.82) is 0 Å². The lowest BCUT2D eigenvalue weighted by atomic mass is 9.86. The second-order valence-corrected chi connectivity index (χ2v) is 4.70. The standard InChI is InChI=1S/C15H11F3N2O.ClH/c16-15(17,18)14(21,13-8-19-9-20-13)12-7-3-5-10-4-1-2-6-11(10)12;/h1-9,21H,(H,19,20);1H. The molecule has 0 aliphatic rings. The van der Waals surface area contributed by atoms with E-state index in [1.165, 1.54) is 12.1 Å². The van der Waals surface area contributed by atoms with E-state index in [-0.39, 0.29) is 18.0 Å². The Kier molecular flexibility index (Phi) is 4.17. The van der Waals surface area contributed by atoms with E-state index < -0.39 is 17.5 Å². The minimum Gasteiger partial charge on any atom is -0.371 e. The van der Waals surface area contributed by atoms with Crippen LogP contribution in [0.25, 0.3) is 10.8 Å². The van der Waals surface area contributed by atoms with Crippen molar-refractivity contribution >= 4 is 23.2 Å². The van der Waals surface area contributed by atoms with Gasteiger partial charge < -0.3 is 10.1 Å². The molecule has 0 fully saturated rings. The molecule has 3 nitrogen and oxygen atoms in total. The molecule has 116 valence electrons. The van der Waals surface area contributed by atoms with Gasteiger partial charge >= 0.3 is 6.18 Å². The second-order valence-electron chi connectivity index (χ2n) is 4.70. The van der Waals surface area contributed by atoms with E-state index in [4.69, 9.17) is 0 Å². The van der Waals surface area contributed by atoms with Gasteiger partial charge in [-0.15, -0.1) is 12.4 Å². The summed E-state index contributed by atoms with van der Waals surface area (Å²) in [6.07, 6.45) is -2.80. The second kappa shape index (κ2) is 5.62. The van der Waals surface area contributed by atoms with Crippen molar-refractivity contribution in [3.63, 3.8) is 0 Å². The number of aliphatic hydroxyl groups is 1. The van der Waals surface area contributed by atoms with E-state index >= 15 is 0 Å². The number of aromatic amines is 1. The Hall–Kier alpha value is -2.05. The van der Waals surface area contributed by atoms with Gasteiger partial charge in [-0.2, -0.15) is 13.2 Å². The molecule has 0 amide bonds. The van der Waals surface area contributed by atoms with Gasteiger partial charge in [-0.25, -0.2) is 4.98 Å². The molecule has 2 N–H and O–H groups in total. The highest BCUT2D eigenvalue weighted by atomic mass is 35.5. The number of benzene rings is 2. The van der Waals surface area contributed by atoms with Crippen molar-refractivity contribution in [2.45, 2.75) is 11.8 Å². The van der Waals surface area contributed by atoms with E-state index in [9.17, 15) is 18.3 Å². The molecule has 2 aromatic carbocycles. The summed E-state index contributed by atoms with van der Waals surface area (Å²) < 4.78 is 40.8. The Morgan fingerprint density at radius 1 is 1.00 bits per heavy atom. The molecule has 1 heterocycles. The van der Waals surface area contributed by atoms with Crippen LogP contribution in [0.1, 0.15) is 11.3 Å². The molecule has 0 spiro atoms. The third-order valence-electron chi connectivity index (χ3n) is 3.48. The van der Waals surface area contributed by atoms with Crippen LogP contribution in [-0.4, -0.2) is 21.3 Å². The van der Waals surface area contributed by atoms with Crippen LogP contribution in [0.5, 0.6) is 0 Å². The van der Waals surface area contributed by atoms with Crippen molar-refractivity contribution in [1.82, 2.24) is 9.97 Å². The minimum absolute atomic E-state index is 0. The molecule has 1 aromatic heterocycles. The highest BCUT2D eigenvalue weighted by molar-refractivity contribution is 5.87. The Bertz CT molecular complexity index is 769. The number of halogens is 4. The van der Waals surface area contributed by atoms with E-state index in [1.54, 1.807) is 30.3 Å². The topological polar surface area (TPSA) is 48.9 Å². The van der Waals surface area contributed by atoms with E-state index in [2.05, 4.69) is 9.97 Å². The molecular weight excluding hydrogens is 317 g/mol. The number of nitrogens with one attached hydrogen (secondary N) is 1. The maximum absolute atomic E-state index is 13.6. The van der Waals surface area contributed by atoms with Crippen LogP contribution in [0.2, 0.25) is 0 Å². The molecule has 1 unspecified atom stereocenters. The summed E-state index contributed by atoms with van der Waals surface area (Å²) in [5, 5.41) is 11.4. The Morgan fingerprint density at radius 2 is 1.68 bits per heavy atom. The van der Waals surface area contributed by atoms with Gasteiger partial charge in [0, 0.05) is 5.56 Å². The van der Waals surface area contributed by atoms with Gasteiger partial charge in [0.05, 0.1) is 18.2 Å². The molecule has 22 heavy (non-hydrogen) atoms. The smallest absolute Gasteiger partial charge is 0.371 e. The van der Waals surface area contributed by atoms with Gasteiger partial charge in [-0.05, 0) is 10.8 Å². The molecular formula is C15H12ClF3N2O. The number of alkyl halides is 3. The number of nitrogens with zero attached hydrogens (tertiary/aromatic N) is 1. The summed E-state index contributed by atoms with van der Waals surface area (Å²) in [5.41, 5.74) is -3.77. The lowest BCUT2D eigenvalue weighted by Gasteiger charge is -2.30. The fourth-order valence-corrected chi connectivity index (χ4v) is 2.45. The van der Waals surface area contributed by atoms with Crippen molar-refractivity contribution in [3.8, 4) is 0 Å². The van der Waals surface area contributed by atoms with Crippen molar-refractivity contribution < 1.29 is 18.3 Å². The zero-order valence-electron chi connectivity index (χ0n) is 11.1. The van der Waals surface area contributed by atoms with Crippen LogP contribution in [-0.2, 0) is 5.60 Å². The average molecular weight is 329 g/mol. The van der Waals surface area contributed by atoms with E-state index in [1.807, 2.05) is 0 Å². The normalized spacial score (nSPS) is 14.4. The fourth-order valence-electron chi connectivity index (χ4n) is 2.45. The minimum atomic E-state index is -4.89. The Morgan fingerprint density at radius 3 is 2.32 bits per heavy atom. The van der Waals surface area contributed by atoms with Crippen LogP contribution < -0.4 is 0 Å². The molecule has 0 saturated heterocycles. The maximum Gasteiger partial charge on any atom is 0.427 e. The average Bonchev–Trinajstić information content (AvgIpc) is 2.99. The summed E-state index contributed by atoms with van der Waals surface area (Å²) in [5.74, 6) is 0. The van der Waals surface area contributed by atoms with E-state index in [0.717, 1.165) is 12.5 Å². The first-order chi connectivity index (χ1) is 9.94. The quantitative estimate of drug-likeness (QED) is 0.752. The number of aromatic nitrogens is 2. The van der Waals surface area contributed by atoms with Gasteiger partial charge in [0.25, 0.3) is 0 Å². The van der Waals surface area contributed by atoms with Crippen LogP contribution in [0, 0.1) is 0 Å². The largest absolute Gasteiger partial charge is 0.427 e.